The van der Waals surface area contributed by atoms with Gasteiger partial charge >= 0.3 is 12.3 Å². The van der Waals surface area contributed by atoms with Crippen LogP contribution in [0.5, 0.6) is 5.75 Å². The molecule has 0 bridgehead atoms. The summed E-state index contributed by atoms with van der Waals surface area (Å²) in [5.74, 6) is -4.00. The average Bonchev–Trinajstić information content (AvgIpc) is 3.20. The van der Waals surface area contributed by atoms with Gasteiger partial charge in [-0.3, -0.25) is 14.9 Å². The molecule has 1 aliphatic heterocycles. The van der Waals surface area contributed by atoms with Crippen molar-refractivity contribution >= 4 is 40.2 Å². The number of quaternary nitrogens is 1. The predicted octanol–water partition coefficient (Wildman–Crippen LogP) is 5.91. The molecule has 13 nitrogen and oxygen atoms in total. The van der Waals surface area contributed by atoms with E-state index in [1.807, 2.05) is 48.5 Å². The second-order valence-electron chi connectivity index (χ2n) is 15.3. The van der Waals surface area contributed by atoms with Crippen LogP contribution in [0.15, 0.2) is 95.8 Å². The summed E-state index contributed by atoms with van der Waals surface area (Å²) in [5.41, 5.74) is 4.50. The number of anilines is 2. The number of piperidine rings is 1. The smallest absolute Gasteiger partial charge is 0.430 e. The molecular formula is C44H47F4N5O8. The minimum absolute atomic E-state index is 0.0750. The summed E-state index contributed by atoms with van der Waals surface area (Å²) in [6.07, 6.45) is -3.87. The molecule has 6 N–H and O–H groups in total. The van der Waals surface area contributed by atoms with E-state index < -0.39 is 30.2 Å². The number of aryl methyl sites for hydroxylation is 1. The van der Waals surface area contributed by atoms with Gasteiger partial charge in [0.1, 0.15) is 23.6 Å². The number of carbonyl (C=O) groups is 3. The number of nitrogens with one attached hydrogen (secondary N) is 4. The molecule has 17 heteroatoms. The van der Waals surface area contributed by atoms with Crippen molar-refractivity contribution in [3.8, 4) is 16.9 Å². The van der Waals surface area contributed by atoms with Crippen LogP contribution in [0.4, 0.5) is 33.7 Å². The number of phenols is 1. The van der Waals surface area contributed by atoms with E-state index in [0.717, 1.165) is 47.1 Å². The fourth-order valence-electron chi connectivity index (χ4n) is 6.82. The Bertz CT molecular complexity index is 2380. The number of aromatic nitrogens is 1. The lowest BCUT2D eigenvalue weighted by molar-refractivity contribution is -0.896. The van der Waals surface area contributed by atoms with E-state index in [4.69, 9.17) is 14.6 Å². The van der Waals surface area contributed by atoms with Crippen LogP contribution in [0.3, 0.4) is 0 Å². The number of benzene rings is 4. The van der Waals surface area contributed by atoms with E-state index in [1.165, 1.54) is 24.3 Å². The summed E-state index contributed by atoms with van der Waals surface area (Å²) in [6, 6.07) is 26.1. The standard InChI is InChI=1S/C42H46FN5O6.C2HF3O2/c1-48(2)21-19-30(20-22-48)54-42(53)46-36-24-27(11-13-31(36)29-8-4-3-5-9-29)7-6-10-39(51)45-35-16-12-28(23-34(35)43)25-44-26-38(50)32-14-17-37(49)41-33(32)15-18-40(52)47-41;3-2(4,5)1(6)7/h3-5,8-9,11-18,23-24,30,38,44,50H,6-7,10,19-22,25-26H2,1-2H3,(H3-,45,46,47,49,51,52,53);(H,6,7)/t38-;/m0./s1. The Balaban J connectivity index is 0.000000925. The molecule has 1 atom stereocenters. The number of carboxylic acid groups (broad SMARTS) is 1. The largest absolute Gasteiger partial charge is 0.542 e. The Morgan fingerprint density at radius 1 is 0.918 bits per heavy atom. The highest BCUT2D eigenvalue weighted by Gasteiger charge is 2.29. The number of carbonyl (C=O) groups excluding carboxylic acids is 3. The van der Waals surface area contributed by atoms with E-state index in [9.17, 15) is 37.8 Å². The van der Waals surface area contributed by atoms with Crippen molar-refractivity contribution in [2.45, 2.75) is 57.0 Å². The molecule has 6 rings (SSSR count). The zero-order chi connectivity index (χ0) is 44.3. The fourth-order valence-corrected chi connectivity index (χ4v) is 6.82. The van der Waals surface area contributed by atoms with Gasteiger partial charge in [0.2, 0.25) is 11.5 Å². The Kier molecular flexibility index (Phi) is 15.2. The minimum Gasteiger partial charge on any atom is -0.542 e. The van der Waals surface area contributed by atoms with Crippen molar-refractivity contribution in [3.05, 3.63) is 124 Å². The molecule has 324 valence electrons. The maximum absolute atomic E-state index is 15.0. The topological polar surface area (TPSA) is 193 Å². The number of nitrogens with zero attached hydrogens (tertiary/aromatic N) is 1. The van der Waals surface area contributed by atoms with E-state index in [2.05, 4.69) is 35.0 Å². The number of H-pyrrole nitrogens is 1. The number of hydrogen-bond acceptors (Lipinski definition) is 9. The Labute approximate surface area is 348 Å². The van der Waals surface area contributed by atoms with Crippen molar-refractivity contribution in [2.75, 3.05) is 44.4 Å². The second kappa shape index (κ2) is 20.3. The van der Waals surface area contributed by atoms with E-state index >= 15 is 4.39 Å². The summed E-state index contributed by atoms with van der Waals surface area (Å²) in [6.45, 7) is 2.29. The number of aromatic hydroxyl groups is 1. The summed E-state index contributed by atoms with van der Waals surface area (Å²) in [5, 5.41) is 38.9. The monoisotopic (exact) mass is 849 g/mol. The number of aliphatic carboxylic acids is 1. The highest BCUT2D eigenvalue weighted by molar-refractivity contribution is 5.92. The Hall–Kier alpha value is -6.30. The summed E-state index contributed by atoms with van der Waals surface area (Å²) in [7, 11) is 4.36. The lowest BCUT2D eigenvalue weighted by Gasteiger charge is -2.36. The Morgan fingerprint density at radius 3 is 2.28 bits per heavy atom. The first kappa shape index (κ1) is 45.8. The third-order valence-corrected chi connectivity index (χ3v) is 10.1. The molecule has 0 aliphatic carbocycles. The number of aliphatic hydroxyl groups excluding tert-OH is 1. The predicted molar refractivity (Wildman–Crippen MR) is 219 cm³/mol. The average molecular weight is 850 g/mol. The maximum Gasteiger partial charge on any atom is 0.430 e. The zero-order valence-electron chi connectivity index (χ0n) is 33.5. The van der Waals surface area contributed by atoms with Crippen LogP contribution in [0.2, 0.25) is 0 Å². The summed E-state index contributed by atoms with van der Waals surface area (Å²) >= 11 is 0. The molecule has 1 fully saturated rings. The van der Waals surface area contributed by atoms with Gasteiger partial charge in [-0.2, -0.15) is 13.2 Å². The lowest BCUT2D eigenvalue weighted by atomic mass is 9.99. The van der Waals surface area contributed by atoms with Crippen LogP contribution in [-0.2, 0) is 27.3 Å². The molecule has 61 heavy (non-hydrogen) atoms. The number of aliphatic hydroxyl groups is 1. The minimum atomic E-state index is -5.19. The van der Waals surface area contributed by atoms with Crippen molar-refractivity contribution < 1.29 is 56.5 Å². The molecule has 1 aromatic heterocycles. The molecule has 4 aromatic carbocycles. The number of alkyl halides is 3. The van der Waals surface area contributed by atoms with E-state index in [-0.39, 0.29) is 54.0 Å². The van der Waals surface area contributed by atoms with Crippen molar-refractivity contribution in [1.82, 2.24) is 10.3 Å². The van der Waals surface area contributed by atoms with Gasteiger partial charge in [-0.05, 0) is 65.4 Å². The quantitative estimate of drug-likeness (QED) is 0.0618. The molecule has 2 amide bonds. The number of rotatable bonds is 13. The molecular weight excluding hydrogens is 803 g/mol. The van der Waals surface area contributed by atoms with Gasteiger partial charge in [-0.25, -0.2) is 9.18 Å². The number of amides is 2. The highest BCUT2D eigenvalue weighted by Crippen LogP contribution is 2.31. The normalized spacial score (nSPS) is 14.3. The fraction of sp³-hybridized carbons (Fsp3) is 0.318. The number of hydrogen-bond donors (Lipinski definition) is 6. The van der Waals surface area contributed by atoms with Gasteiger partial charge in [-0.1, -0.05) is 54.6 Å². The number of fused-ring (bicyclic) bond motifs is 1. The lowest BCUT2D eigenvalue weighted by Crippen LogP contribution is -2.48. The highest BCUT2D eigenvalue weighted by atomic mass is 19.4. The number of carboxylic acids is 1. The van der Waals surface area contributed by atoms with Gasteiger partial charge in [0.05, 0.1) is 50.2 Å². The van der Waals surface area contributed by atoms with Gasteiger partial charge in [-0.15, -0.1) is 0 Å². The van der Waals surface area contributed by atoms with Crippen molar-refractivity contribution in [2.24, 2.45) is 0 Å². The maximum atomic E-state index is 15.0. The zero-order valence-corrected chi connectivity index (χ0v) is 33.5. The van der Waals surface area contributed by atoms with Gasteiger partial charge in [0, 0.05) is 49.4 Å². The first-order valence-corrected chi connectivity index (χ1v) is 19.5. The van der Waals surface area contributed by atoms with Crippen LogP contribution in [0.1, 0.15) is 48.5 Å². The molecule has 0 saturated carbocycles. The summed E-state index contributed by atoms with van der Waals surface area (Å²) < 4.78 is 53.3. The van der Waals surface area contributed by atoms with Gasteiger partial charge < -0.3 is 45.0 Å². The first-order chi connectivity index (χ1) is 28.9. The van der Waals surface area contributed by atoms with Gasteiger partial charge in [0.15, 0.2) is 0 Å². The molecule has 2 heterocycles. The van der Waals surface area contributed by atoms with Crippen LogP contribution >= 0.6 is 0 Å². The SMILES string of the molecule is C[N+]1(C)CCC(OC(=O)Nc2cc(CCCC(=O)Nc3ccc(CNC[C@H](O)c4ccc(O)c5[nH]c(=O)ccc45)cc3F)ccc2-c2ccccc2)CC1.O=C([O-])C(F)(F)F. The molecule has 1 aliphatic rings. The van der Waals surface area contributed by atoms with Crippen LogP contribution in [0.25, 0.3) is 22.0 Å². The number of aromatic amines is 1. The van der Waals surface area contributed by atoms with Gasteiger partial charge in [0.25, 0.3) is 0 Å². The molecule has 0 spiro atoms. The molecule has 5 aromatic rings. The number of pyridine rings is 1. The van der Waals surface area contributed by atoms with Crippen molar-refractivity contribution in [3.63, 3.8) is 0 Å². The molecule has 1 saturated heterocycles. The number of halogens is 4. The number of phenolic OH excluding ortho intramolecular Hbond substituents is 1. The second-order valence-corrected chi connectivity index (χ2v) is 15.3. The molecule has 0 unspecified atom stereocenters. The van der Waals surface area contributed by atoms with E-state index in [1.54, 1.807) is 18.2 Å². The van der Waals surface area contributed by atoms with Crippen LogP contribution < -0.4 is 26.6 Å². The number of ether oxygens (including phenoxy) is 1. The third-order valence-electron chi connectivity index (χ3n) is 10.1. The van der Waals surface area contributed by atoms with Crippen LogP contribution in [0, 0.1) is 5.82 Å². The first-order valence-electron chi connectivity index (χ1n) is 19.5. The molecule has 0 radical (unpaired) electrons. The number of likely N-dealkylation sites (tertiary alicyclic amines) is 1. The Morgan fingerprint density at radius 2 is 1.61 bits per heavy atom. The summed E-state index contributed by atoms with van der Waals surface area (Å²) in [4.78, 5) is 48.9. The van der Waals surface area contributed by atoms with E-state index in [0.29, 0.717) is 35.0 Å². The van der Waals surface area contributed by atoms with Crippen LogP contribution in [-0.4, -0.2) is 83.7 Å². The van der Waals surface area contributed by atoms with Crippen molar-refractivity contribution in [1.29, 1.82) is 0 Å². The third kappa shape index (κ3) is 13.3.